The van der Waals surface area contributed by atoms with E-state index in [9.17, 15) is 32.4 Å². The summed E-state index contributed by atoms with van der Waals surface area (Å²) in [6, 6.07) is 7.22. The standard InChI is InChI=1S/C22H20F4N2O3/c23-18-9-13(1-4-17(18)22(24,25)26)12-28(31)19(29)15-3-2-14-5-6-21(11-16(14)10-15)7-8-27-20(21)30/h1-4,9-10,31H,5-8,11-12H2,(H,27,30)/t21-/m1/s1. The van der Waals surface area contributed by atoms with Crippen LogP contribution in [0.4, 0.5) is 17.6 Å². The molecule has 0 bridgehead atoms. The van der Waals surface area contributed by atoms with Gasteiger partial charge in [-0.15, -0.1) is 0 Å². The van der Waals surface area contributed by atoms with Crippen LogP contribution >= 0.6 is 0 Å². The van der Waals surface area contributed by atoms with Crippen LogP contribution in [0.25, 0.3) is 0 Å². The molecule has 2 aromatic rings. The SMILES string of the molecule is O=C(c1ccc2c(c1)C[C@]1(CCNC1=O)CC2)N(O)Cc1ccc(C(F)(F)F)c(F)c1. The number of rotatable bonds is 3. The lowest BCUT2D eigenvalue weighted by molar-refractivity contribution is -0.140. The van der Waals surface area contributed by atoms with E-state index in [1.165, 1.54) is 0 Å². The maximum atomic E-state index is 13.7. The second kappa shape index (κ2) is 7.64. The van der Waals surface area contributed by atoms with Crippen LogP contribution in [0, 0.1) is 11.2 Å². The van der Waals surface area contributed by atoms with Crippen LogP contribution < -0.4 is 5.32 Å². The molecule has 4 rings (SSSR count). The second-order valence-electron chi connectivity index (χ2n) is 8.12. The molecule has 2 aliphatic rings. The summed E-state index contributed by atoms with van der Waals surface area (Å²) < 4.78 is 51.8. The average molecular weight is 436 g/mol. The van der Waals surface area contributed by atoms with Crippen LogP contribution in [-0.4, -0.2) is 28.6 Å². The summed E-state index contributed by atoms with van der Waals surface area (Å²) >= 11 is 0. The summed E-state index contributed by atoms with van der Waals surface area (Å²) in [5.41, 5.74) is 0.224. The minimum atomic E-state index is -4.83. The Morgan fingerprint density at radius 2 is 1.90 bits per heavy atom. The Morgan fingerprint density at radius 3 is 2.55 bits per heavy atom. The third-order valence-electron chi connectivity index (χ3n) is 6.13. The van der Waals surface area contributed by atoms with Gasteiger partial charge in [0.2, 0.25) is 5.91 Å². The highest BCUT2D eigenvalue weighted by atomic mass is 19.4. The Balaban J connectivity index is 1.51. The van der Waals surface area contributed by atoms with E-state index in [4.69, 9.17) is 0 Å². The fourth-order valence-electron chi connectivity index (χ4n) is 4.40. The van der Waals surface area contributed by atoms with E-state index in [0.717, 1.165) is 30.0 Å². The molecule has 1 aliphatic heterocycles. The number of alkyl halides is 3. The monoisotopic (exact) mass is 436 g/mol. The van der Waals surface area contributed by atoms with Crippen LogP contribution in [0.5, 0.6) is 0 Å². The molecule has 0 radical (unpaired) electrons. The van der Waals surface area contributed by atoms with E-state index in [1.54, 1.807) is 18.2 Å². The molecule has 1 atom stereocenters. The molecule has 9 heteroatoms. The molecule has 1 saturated heterocycles. The number of halogens is 4. The molecule has 1 fully saturated rings. The average Bonchev–Trinajstić information content (AvgIpc) is 3.05. The number of benzene rings is 2. The first kappa shape index (κ1) is 21.3. The van der Waals surface area contributed by atoms with Gasteiger partial charge < -0.3 is 5.32 Å². The minimum Gasteiger partial charge on any atom is -0.356 e. The van der Waals surface area contributed by atoms with Gasteiger partial charge in [-0.25, -0.2) is 9.45 Å². The predicted molar refractivity (Wildman–Crippen MR) is 102 cm³/mol. The highest BCUT2D eigenvalue weighted by Gasteiger charge is 2.44. The van der Waals surface area contributed by atoms with Crippen molar-refractivity contribution in [1.29, 1.82) is 0 Å². The molecule has 2 N–H and O–H groups in total. The van der Waals surface area contributed by atoms with Crippen LogP contribution in [-0.2, 0) is 30.4 Å². The van der Waals surface area contributed by atoms with E-state index < -0.39 is 35.4 Å². The summed E-state index contributed by atoms with van der Waals surface area (Å²) in [5.74, 6) is -2.22. The van der Waals surface area contributed by atoms with Gasteiger partial charge in [0.05, 0.1) is 17.5 Å². The lowest BCUT2D eigenvalue weighted by Gasteiger charge is -2.32. The zero-order chi connectivity index (χ0) is 22.4. The lowest BCUT2D eigenvalue weighted by Crippen LogP contribution is -2.36. The number of nitrogens with one attached hydrogen (secondary N) is 1. The Morgan fingerprint density at radius 1 is 1.13 bits per heavy atom. The highest BCUT2D eigenvalue weighted by molar-refractivity contribution is 5.94. The van der Waals surface area contributed by atoms with Crippen molar-refractivity contribution in [3.05, 3.63) is 70.0 Å². The van der Waals surface area contributed by atoms with Gasteiger partial charge in [0.1, 0.15) is 5.82 Å². The first-order valence-corrected chi connectivity index (χ1v) is 9.85. The molecule has 0 unspecified atom stereocenters. The maximum Gasteiger partial charge on any atom is 0.419 e. The second-order valence-corrected chi connectivity index (χ2v) is 8.12. The van der Waals surface area contributed by atoms with Crippen LogP contribution in [0.1, 0.15) is 45.5 Å². The first-order chi connectivity index (χ1) is 14.6. The zero-order valence-electron chi connectivity index (χ0n) is 16.4. The summed E-state index contributed by atoms with van der Waals surface area (Å²) in [4.78, 5) is 24.9. The number of amides is 2. The van der Waals surface area contributed by atoms with Crippen LogP contribution in [0.3, 0.4) is 0 Å². The van der Waals surface area contributed by atoms with E-state index >= 15 is 0 Å². The largest absolute Gasteiger partial charge is 0.419 e. The molecule has 5 nitrogen and oxygen atoms in total. The van der Waals surface area contributed by atoms with Crippen molar-refractivity contribution in [2.24, 2.45) is 5.41 Å². The van der Waals surface area contributed by atoms with E-state index in [0.29, 0.717) is 36.6 Å². The molecule has 164 valence electrons. The zero-order valence-corrected chi connectivity index (χ0v) is 16.4. The third-order valence-corrected chi connectivity index (χ3v) is 6.13. The molecule has 0 aromatic heterocycles. The van der Waals surface area contributed by atoms with Crippen molar-refractivity contribution >= 4 is 11.8 Å². The molecule has 2 amide bonds. The molecule has 1 spiro atoms. The van der Waals surface area contributed by atoms with Crippen molar-refractivity contribution in [1.82, 2.24) is 10.4 Å². The van der Waals surface area contributed by atoms with Gasteiger partial charge in [0.25, 0.3) is 5.91 Å². The van der Waals surface area contributed by atoms with Gasteiger partial charge in [-0.1, -0.05) is 12.1 Å². The molecule has 31 heavy (non-hydrogen) atoms. The van der Waals surface area contributed by atoms with E-state index in [2.05, 4.69) is 5.32 Å². The van der Waals surface area contributed by atoms with Crippen molar-refractivity contribution in [2.45, 2.75) is 38.4 Å². The Kier molecular flexibility index (Phi) is 5.25. The molecular weight excluding hydrogens is 416 g/mol. The van der Waals surface area contributed by atoms with E-state index in [-0.39, 0.29) is 17.0 Å². The molecule has 1 heterocycles. The normalized spacial score (nSPS) is 20.5. The maximum absolute atomic E-state index is 13.7. The summed E-state index contributed by atoms with van der Waals surface area (Å²) in [7, 11) is 0. The summed E-state index contributed by atoms with van der Waals surface area (Å²) in [5, 5.41) is 13.4. The molecule has 2 aromatic carbocycles. The number of hydrogen-bond acceptors (Lipinski definition) is 3. The Labute approximate surface area is 175 Å². The van der Waals surface area contributed by atoms with Gasteiger partial charge in [-0.3, -0.25) is 14.8 Å². The fourth-order valence-corrected chi connectivity index (χ4v) is 4.40. The number of aryl methyl sites for hydroxylation is 1. The number of hydroxylamine groups is 2. The van der Waals surface area contributed by atoms with Gasteiger partial charge in [0.15, 0.2) is 0 Å². The summed E-state index contributed by atoms with van der Waals surface area (Å²) in [6.45, 7) is 0.151. The molecule has 0 saturated carbocycles. The number of nitrogens with zero attached hydrogens (tertiary/aromatic N) is 1. The molecule has 1 aliphatic carbocycles. The fraction of sp³-hybridized carbons (Fsp3) is 0.364. The van der Waals surface area contributed by atoms with E-state index in [1.807, 2.05) is 0 Å². The molecular formula is C22H20F4N2O3. The van der Waals surface area contributed by atoms with Crippen molar-refractivity contribution in [3.63, 3.8) is 0 Å². The quantitative estimate of drug-likeness (QED) is 0.436. The number of hydrogen-bond donors (Lipinski definition) is 2. The van der Waals surface area contributed by atoms with Crippen molar-refractivity contribution in [3.8, 4) is 0 Å². The Hall–Kier alpha value is -2.94. The minimum absolute atomic E-state index is 0.0147. The number of carbonyl (C=O) groups is 2. The number of fused-ring (bicyclic) bond motifs is 1. The first-order valence-electron chi connectivity index (χ1n) is 9.85. The predicted octanol–water partition coefficient (Wildman–Crippen LogP) is 3.87. The van der Waals surface area contributed by atoms with Gasteiger partial charge in [0, 0.05) is 12.1 Å². The van der Waals surface area contributed by atoms with Gasteiger partial charge in [-0.05, 0) is 66.6 Å². The highest BCUT2D eigenvalue weighted by Crippen LogP contribution is 2.41. The van der Waals surface area contributed by atoms with Crippen LogP contribution in [0.15, 0.2) is 36.4 Å². The van der Waals surface area contributed by atoms with Crippen molar-refractivity contribution < 1.29 is 32.4 Å². The third kappa shape index (κ3) is 4.01. The van der Waals surface area contributed by atoms with Gasteiger partial charge in [-0.2, -0.15) is 13.2 Å². The van der Waals surface area contributed by atoms with Crippen molar-refractivity contribution in [2.75, 3.05) is 6.54 Å². The topological polar surface area (TPSA) is 69.6 Å². The smallest absolute Gasteiger partial charge is 0.356 e. The number of carbonyl (C=O) groups excluding carboxylic acids is 2. The Bertz CT molecular complexity index is 1050. The lowest BCUT2D eigenvalue weighted by atomic mass is 9.70. The van der Waals surface area contributed by atoms with Gasteiger partial charge >= 0.3 is 6.18 Å². The van der Waals surface area contributed by atoms with Crippen LogP contribution in [0.2, 0.25) is 0 Å². The summed E-state index contributed by atoms with van der Waals surface area (Å²) in [6.07, 6.45) is -2.14.